The average Bonchev–Trinajstić information content (AvgIpc) is 2.45. The molecule has 0 radical (unpaired) electrons. The van der Waals surface area contributed by atoms with E-state index in [2.05, 4.69) is 24.1 Å². The number of benzene rings is 1. The van der Waals surface area contributed by atoms with Gasteiger partial charge in [-0.25, -0.2) is 8.78 Å². The van der Waals surface area contributed by atoms with E-state index in [0.717, 1.165) is 32.5 Å². The van der Waals surface area contributed by atoms with Gasteiger partial charge in [0, 0.05) is 24.7 Å². The highest BCUT2D eigenvalue weighted by Gasteiger charge is 2.27. The van der Waals surface area contributed by atoms with Crippen molar-refractivity contribution in [3.05, 3.63) is 35.4 Å². The van der Waals surface area contributed by atoms with Gasteiger partial charge in [0.1, 0.15) is 0 Å². The fourth-order valence-corrected chi connectivity index (χ4v) is 3.11. The van der Waals surface area contributed by atoms with Crippen LogP contribution in [0.25, 0.3) is 0 Å². The van der Waals surface area contributed by atoms with Crippen molar-refractivity contribution < 1.29 is 8.78 Å². The molecular weight excluding hydrogens is 258 g/mol. The van der Waals surface area contributed by atoms with E-state index in [0.29, 0.717) is 24.1 Å². The summed E-state index contributed by atoms with van der Waals surface area (Å²) in [6.45, 7) is 7.69. The molecule has 2 unspecified atom stereocenters. The molecular formula is C16H24F2N2. The highest BCUT2D eigenvalue weighted by Crippen LogP contribution is 2.23. The molecule has 1 aromatic carbocycles. The van der Waals surface area contributed by atoms with Gasteiger partial charge >= 0.3 is 0 Å². The molecule has 0 aliphatic carbocycles. The number of piperidine rings is 1. The van der Waals surface area contributed by atoms with Crippen LogP contribution < -0.4 is 5.32 Å². The summed E-state index contributed by atoms with van der Waals surface area (Å²) in [5.74, 6) is -0.869. The molecule has 1 saturated heterocycles. The number of hydrogen-bond acceptors (Lipinski definition) is 2. The Balaban J connectivity index is 1.99. The maximum absolute atomic E-state index is 13.7. The number of rotatable bonds is 5. The van der Waals surface area contributed by atoms with E-state index in [-0.39, 0.29) is 0 Å². The molecule has 1 heterocycles. The van der Waals surface area contributed by atoms with Crippen LogP contribution in [-0.2, 0) is 6.54 Å². The van der Waals surface area contributed by atoms with E-state index >= 15 is 0 Å². The third-order valence-electron chi connectivity index (χ3n) is 4.23. The standard InChI is InChI=1S/C16H24F2N2/c1-3-12-10-20(9-8-15(12)19-4-2)11-13-6-5-7-14(17)16(13)18/h5-7,12,15,19H,3-4,8-11H2,1-2H3. The first kappa shape index (κ1) is 15.4. The Hall–Kier alpha value is -1.00. The maximum atomic E-state index is 13.7. The topological polar surface area (TPSA) is 15.3 Å². The molecule has 2 nitrogen and oxygen atoms in total. The van der Waals surface area contributed by atoms with Gasteiger partial charge < -0.3 is 5.32 Å². The Labute approximate surface area is 120 Å². The van der Waals surface area contributed by atoms with Crippen LogP contribution >= 0.6 is 0 Å². The van der Waals surface area contributed by atoms with Gasteiger partial charge in [0.15, 0.2) is 11.6 Å². The van der Waals surface area contributed by atoms with Gasteiger partial charge in [-0.15, -0.1) is 0 Å². The van der Waals surface area contributed by atoms with E-state index in [1.54, 1.807) is 12.1 Å². The van der Waals surface area contributed by atoms with E-state index in [9.17, 15) is 8.78 Å². The molecule has 1 N–H and O–H groups in total. The molecule has 1 aromatic rings. The number of hydrogen-bond donors (Lipinski definition) is 1. The molecule has 0 amide bonds. The van der Waals surface area contributed by atoms with Crippen LogP contribution in [0, 0.1) is 17.6 Å². The maximum Gasteiger partial charge on any atom is 0.163 e. The minimum atomic E-state index is -0.753. The number of halogens is 2. The SMILES string of the molecule is CCNC1CCN(Cc2cccc(F)c2F)CC1CC. The third-order valence-corrected chi connectivity index (χ3v) is 4.23. The van der Waals surface area contributed by atoms with Gasteiger partial charge in [0.05, 0.1) is 0 Å². The smallest absolute Gasteiger partial charge is 0.163 e. The second kappa shape index (κ2) is 7.14. The molecule has 20 heavy (non-hydrogen) atoms. The van der Waals surface area contributed by atoms with Crippen molar-refractivity contribution in [3.63, 3.8) is 0 Å². The predicted molar refractivity (Wildman–Crippen MR) is 77.5 cm³/mol. The second-order valence-electron chi connectivity index (χ2n) is 5.57. The lowest BCUT2D eigenvalue weighted by molar-refractivity contribution is 0.128. The summed E-state index contributed by atoms with van der Waals surface area (Å²) in [5.41, 5.74) is 0.460. The van der Waals surface area contributed by atoms with Gasteiger partial charge in [0.2, 0.25) is 0 Å². The van der Waals surface area contributed by atoms with E-state index in [1.807, 2.05) is 0 Å². The summed E-state index contributed by atoms with van der Waals surface area (Å²) < 4.78 is 27.0. The van der Waals surface area contributed by atoms with Crippen LogP contribution in [0.2, 0.25) is 0 Å². The Morgan fingerprint density at radius 3 is 2.80 bits per heavy atom. The summed E-state index contributed by atoms with van der Waals surface area (Å²) in [5, 5.41) is 3.53. The molecule has 112 valence electrons. The van der Waals surface area contributed by atoms with Crippen molar-refractivity contribution in [1.29, 1.82) is 0 Å². The first-order chi connectivity index (χ1) is 9.65. The minimum absolute atomic E-state index is 0.460. The lowest BCUT2D eigenvalue weighted by atomic mass is 9.89. The highest BCUT2D eigenvalue weighted by atomic mass is 19.2. The molecule has 0 aromatic heterocycles. The normalized spacial score (nSPS) is 24.0. The van der Waals surface area contributed by atoms with Gasteiger partial charge in [-0.2, -0.15) is 0 Å². The molecule has 0 spiro atoms. The second-order valence-corrected chi connectivity index (χ2v) is 5.57. The first-order valence-corrected chi connectivity index (χ1v) is 7.54. The van der Waals surface area contributed by atoms with Gasteiger partial charge in [-0.05, 0) is 31.5 Å². The summed E-state index contributed by atoms with van der Waals surface area (Å²) in [6.07, 6.45) is 2.18. The molecule has 2 rings (SSSR count). The Kier molecular flexibility index (Phi) is 5.49. The zero-order chi connectivity index (χ0) is 14.5. The van der Waals surface area contributed by atoms with Crippen LogP contribution in [0.1, 0.15) is 32.3 Å². The van der Waals surface area contributed by atoms with Gasteiger partial charge in [-0.3, -0.25) is 4.90 Å². The molecule has 4 heteroatoms. The number of nitrogens with zero attached hydrogens (tertiary/aromatic N) is 1. The van der Waals surface area contributed by atoms with Crippen LogP contribution in [0.4, 0.5) is 8.78 Å². The highest BCUT2D eigenvalue weighted by molar-refractivity contribution is 5.19. The molecule has 0 bridgehead atoms. The summed E-state index contributed by atoms with van der Waals surface area (Å²) in [4.78, 5) is 2.24. The zero-order valence-corrected chi connectivity index (χ0v) is 12.3. The fourth-order valence-electron chi connectivity index (χ4n) is 3.11. The van der Waals surface area contributed by atoms with Crippen LogP contribution in [0.3, 0.4) is 0 Å². The molecule has 1 aliphatic rings. The predicted octanol–water partition coefficient (Wildman–Crippen LogP) is 3.17. The molecule has 2 atom stereocenters. The molecule has 1 aliphatic heterocycles. The molecule has 0 saturated carbocycles. The van der Waals surface area contributed by atoms with Gasteiger partial charge in [0.25, 0.3) is 0 Å². The quantitative estimate of drug-likeness (QED) is 0.892. The lowest BCUT2D eigenvalue weighted by Crippen LogP contribution is -2.48. The lowest BCUT2D eigenvalue weighted by Gasteiger charge is -2.38. The number of nitrogens with one attached hydrogen (secondary N) is 1. The third kappa shape index (κ3) is 3.55. The molecule has 1 fully saturated rings. The zero-order valence-electron chi connectivity index (χ0n) is 12.3. The van der Waals surface area contributed by atoms with Crippen LogP contribution in [0.15, 0.2) is 18.2 Å². The fraction of sp³-hybridized carbons (Fsp3) is 0.625. The van der Waals surface area contributed by atoms with Gasteiger partial charge in [-0.1, -0.05) is 32.4 Å². The van der Waals surface area contributed by atoms with Crippen LogP contribution in [0.5, 0.6) is 0 Å². The van der Waals surface area contributed by atoms with E-state index < -0.39 is 11.6 Å². The Morgan fingerprint density at radius 1 is 1.30 bits per heavy atom. The largest absolute Gasteiger partial charge is 0.314 e. The van der Waals surface area contributed by atoms with Crippen molar-refractivity contribution in [3.8, 4) is 0 Å². The first-order valence-electron chi connectivity index (χ1n) is 7.54. The Bertz CT molecular complexity index is 436. The van der Waals surface area contributed by atoms with E-state index in [1.165, 1.54) is 6.07 Å². The summed E-state index contributed by atoms with van der Waals surface area (Å²) in [6, 6.07) is 4.98. The van der Waals surface area contributed by atoms with Crippen molar-refractivity contribution in [2.75, 3.05) is 19.6 Å². The average molecular weight is 282 g/mol. The van der Waals surface area contributed by atoms with E-state index in [4.69, 9.17) is 0 Å². The number of likely N-dealkylation sites (tertiary alicyclic amines) is 1. The van der Waals surface area contributed by atoms with Crippen molar-refractivity contribution in [1.82, 2.24) is 10.2 Å². The summed E-state index contributed by atoms with van der Waals surface area (Å²) >= 11 is 0. The summed E-state index contributed by atoms with van der Waals surface area (Å²) in [7, 11) is 0. The Morgan fingerprint density at radius 2 is 2.10 bits per heavy atom. The monoisotopic (exact) mass is 282 g/mol. The van der Waals surface area contributed by atoms with Crippen molar-refractivity contribution in [2.45, 2.75) is 39.3 Å². The van der Waals surface area contributed by atoms with Crippen molar-refractivity contribution in [2.24, 2.45) is 5.92 Å². The minimum Gasteiger partial charge on any atom is -0.314 e. The van der Waals surface area contributed by atoms with Crippen LogP contribution in [-0.4, -0.2) is 30.6 Å². The van der Waals surface area contributed by atoms with Crippen molar-refractivity contribution >= 4 is 0 Å².